The number of aryl methyl sites for hydroxylation is 2. The van der Waals surface area contributed by atoms with Crippen LogP contribution in [0.2, 0.25) is 0 Å². The summed E-state index contributed by atoms with van der Waals surface area (Å²) in [4.78, 5) is 42.0. The van der Waals surface area contributed by atoms with E-state index in [0.717, 1.165) is 0 Å². The predicted octanol–water partition coefficient (Wildman–Crippen LogP) is 1.17. The van der Waals surface area contributed by atoms with Crippen LogP contribution in [0.15, 0.2) is 39.9 Å². The van der Waals surface area contributed by atoms with Crippen molar-refractivity contribution in [2.45, 2.75) is 26.4 Å². The average Bonchev–Trinajstić information content (AvgIpc) is 2.77. The molecular formula is C23H28N6O4. The molecule has 10 heteroatoms. The molecule has 0 spiro atoms. The summed E-state index contributed by atoms with van der Waals surface area (Å²) in [7, 11) is 3.14. The molecule has 1 aliphatic rings. The number of carbonyl (C=O) groups is 1. The molecule has 0 unspecified atom stereocenters. The molecule has 10 nitrogen and oxygen atoms in total. The Bertz CT molecular complexity index is 1330. The highest BCUT2D eigenvalue weighted by Crippen LogP contribution is 2.21. The van der Waals surface area contributed by atoms with E-state index in [2.05, 4.69) is 10.2 Å². The van der Waals surface area contributed by atoms with Crippen molar-refractivity contribution in [3.05, 3.63) is 56.7 Å². The number of hydrogen-bond acceptors (Lipinski definition) is 7. The van der Waals surface area contributed by atoms with Crippen molar-refractivity contribution in [2.75, 3.05) is 31.1 Å². The number of rotatable bonds is 3. The lowest BCUT2D eigenvalue weighted by Gasteiger charge is -2.35. The van der Waals surface area contributed by atoms with E-state index in [1.807, 2.05) is 25.7 Å². The van der Waals surface area contributed by atoms with Crippen LogP contribution in [0.3, 0.4) is 0 Å². The lowest BCUT2D eigenvalue weighted by molar-refractivity contribution is 0.0740. The Morgan fingerprint density at radius 3 is 2.15 bits per heavy atom. The summed E-state index contributed by atoms with van der Waals surface area (Å²) in [5.41, 5.74) is -0.167. The SMILES string of the molecule is Cn1nc(OC(C)(C)C)cc(N2CCN(C(=O)c3nn(C)c(=O)c4ccccc34)CC2)c1=O. The molecule has 1 amide bonds. The van der Waals surface area contributed by atoms with Gasteiger partial charge in [0.15, 0.2) is 5.69 Å². The summed E-state index contributed by atoms with van der Waals surface area (Å²) >= 11 is 0. The Labute approximate surface area is 191 Å². The van der Waals surface area contributed by atoms with Gasteiger partial charge in [0.25, 0.3) is 17.0 Å². The van der Waals surface area contributed by atoms with Gasteiger partial charge in [-0.15, -0.1) is 5.10 Å². The Morgan fingerprint density at radius 2 is 1.52 bits per heavy atom. The molecule has 0 saturated carbocycles. The molecule has 0 radical (unpaired) electrons. The van der Waals surface area contributed by atoms with E-state index in [9.17, 15) is 14.4 Å². The van der Waals surface area contributed by atoms with E-state index < -0.39 is 5.60 Å². The number of amides is 1. The molecule has 1 fully saturated rings. The summed E-state index contributed by atoms with van der Waals surface area (Å²) in [5, 5.41) is 9.44. The molecule has 1 aliphatic heterocycles. The number of fused-ring (bicyclic) bond motifs is 1. The number of aromatic nitrogens is 4. The van der Waals surface area contributed by atoms with Gasteiger partial charge in [-0.1, -0.05) is 18.2 Å². The van der Waals surface area contributed by atoms with Crippen molar-refractivity contribution in [1.82, 2.24) is 24.5 Å². The summed E-state index contributed by atoms with van der Waals surface area (Å²) < 4.78 is 8.32. The molecule has 3 heterocycles. The third kappa shape index (κ3) is 4.46. The lowest BCUT2D eigenvalue weighted by atomic mass is 10.1. The number of piperazine rings is 1. The minimum absolute atomic E-state index is 0.221. The normalized spacial score (nSPS) is 14.6. The number of benzene rings is 1. The molecular weight excluding hydrogens is 424 g/mol. The number of carbonyl (C=O) groups excluding carboxylic acids is 1. The zero-order chi connectivity index (χ0) is 23.9. The van der Waals surface area contributed by atoms with Gasteiger partial charge in [0.2, 0.25) is 5.88 Å². The topological polar surface area (TPSA) is 103 Å². The largest absolute Gasteiger partial charge is 0.471 e. The highest BCUT2D eigenvalue weighted by atomic mass is 16.5. The van der Waals surface area contributed by atoms with Crippen LogP contribution in [-0.4, -0.2) is 62.1 Å². The fourth-order valence-corrected chi connectivity index (χ4v) is 3.91. The van der Waals surface area contributed by atoms with Crippen molar-refractivity contribution in [3.63, 3.8) is 0 Å². The highest BCUT2D eigenvalue weighted by molar-refractivity contribution is 6.04. The molecule has 33 heavy (non-hydrogen) atoms. The third-order valence-electron chi connectivity index (χ3n) is 5.50. The molecule has 1 aromatic carbocycles. The Kier molecular flexibility index (Phi) is 5.69. The van der Waals surface area contributed by atoms with E-state index in [4.69, 9.17) is 4.74 Å². The van der Waals surface area contributed by atoms with Crippen molar-refractivity contribution in [1.29, 1.82) is 0 Å². The molecule has 0 atom stereocenters. The first-order valence-electron chi connectivity index (χ1n) is 10.8. The first-order valence-corrected chi connectivity index (χ1v) is 10.8. The fourth-order valence-electron chi connectivity index (χ4n) is 3.91. The smallest absolute Gasteiger partial charge is 0.290 e. The maximum absolute atomic E-state index is 13.3. The van der Waals surface area contributed by atoms with Crippen LogP contribution >= 0.6 is 0 Å². The van der Waals surface area contributed by atoms with Crippen LogP contribution in [0.4, 0.5) is 5.69 Å². The van der Waals surface area contributed by atoms with Crippen LogP contribution in [0.5, 0.6) is 5.88 Å². The number of nitrogens with zero attached hydrogens (tertiary/aromatic N) is 6. The van der Waals surface area contributed by atoms with Crippen LogP contribution in [-0.2, 0) is 14.1 Å². The first kappa shape index (κ1) is 22.5. The van der Waals surface area contributed by atoms with Gasteiger partial charge >= 0.3 is 0 Å². The van der Waals surface area contributed by atoms with Gasteiger partial charge in [0, 0.05) is 51.7 Å². The van der Waals surface area contributed by atoms with Gasteiger partial charge in [0.05, 0.1) is 5.39 Å². The predicted molar refractivity (Wildman–Crippen MR) is 125 cm³/mol. The second-order valence-electron chi connectivity index (χ2n) is 9.11. The zero-order valence-electron chi connectivity index (χ0n) is 19.5. The quantitative estimate of drug-likeness (QED) is 0.588. The van der Waals surface area contributed by atoms with Crippen LogP contribution < -0.4 is 20.8 Å². The monoisotopic (exact) mass is 452 g/mol. The number of anilines is 1. The molecule has 2 aromatic heterocycles. The molecule has 3 aromatic rings. The Morgan fingerprint density at radius 1 is 0.909 bits per heavy atom. The van der Waals surface area contributed by atoms with Gasteiger partial charge < -0.3 is 14.5 Å². The van der Waals surface area contributed by atoms with Crippen molar-refractivity contribution in [2.24, 2.45) is 14.1 Å². The zero-order valence-corrected chi connectivity index (χ0v) is 19.5. The summed E-state index contributed by atoms with van der Waals surface area (Å²) in [5.74, 6) is 0.139. The highest BCUT2D eigenvalue weighted by Gasteiger charge is 2.27. The van der Waals surface area contributed by atoms with Crippen LogP contribution in [0.1, 0.15) is 31.3 Å². The van der Waals surface area contributed by atoms with Gasteiger partial charge in [-0.25, -0.2) is 9.36 Å². The third-order valence-corrected chi connectivity index (χ3v) is 5.50. The van der Waals surface area contributed by atoms with Crippen molar-refractivity contribution < 1.29 is 9.53 Å². The number of hydrogen-bond donors (Lipinski definition) is 0. The maximum atomic E-state index is 13.3. The van der Waals surface area contributed by atoms with Crippen LogP contribution in [0, 0.1) is 0 Å². The van der Waals surface area contributed by atoms with Gasteiger partial charge in [0.1, 0.15) is 11.3 Å². The Balaban J connectivity index is 1.57. The standard InChI is InChI=1S/C23H28N6O4/c1-23(2,3)33-18-14-17(21(31)27(5)24-18)28-10-12-29(13-11-28)22(32)19-15-8-6-7-9-16(15)20(30)26(4)25-19/h6-9,14H,10-13H2,1-5H3. The van der Waals surface area contributed by atoms with Gasteiger partial charge in [-0.3, -0.25) is 14.4 Å². The first-order chi connectivity index (χ1) is 15.5. The minimum Gasteiger partial charge on any atom is -0.471 e. The van der Waals surface area contributed by atoms with E-state index in [1.165, 1.54) is 9.36 Å². The van der Waals surface area contributed by atoms with Gasteiger partial charge in [-0.05, 0) is 26.8 Å². The maximum Gasteiger partial charge on any atom is 0.290 e. The molecule has 174 valence electrons. The second-order valence-corrected chi connectivity index (χ2v) is 9.11. The molecule has 0 bridgehead atoms. The molecule has 1 saturated heterocycles. The van der Waals surface area contributed by atoms with E-state index >= 15 is 0 Å². The van der Waals surface area contributed by atoms with E-state index in [-0.39, 0.29) is 22.7 Å². The van der Waals surface area contributed by atoms with Gasteiger partial charge in [-0.2, -0.15) is 5.10 Å². The minimum atomic E-state index is -0.446. The second kappa shape index (κ2) is 8.34. The Hall–Kier alpha value is -3.69. The lowest BCUT2D eigenvalue weighted by Crippen LogP contribution is -2.50. The van der Waals surface area contributed by atoms with Crippen LogP contribution in [0.25, 0.3) is 10.8 Å². The number of ether oxygens (including phenoxy) is 1. The summed E-state index contributed by atoms with van der Waals surface area (Å²) in [6, 6.07) is 8.65. The summed E-state index contributed by atoms with van der Waals surface area (Å²) in [6.45, 7) is 7.54. The fraction of sp³-hybridized carbons (Fsp3) is 0.435. The molecule has 4 rings (SSSR count). The van der Waals surface area contributed by atoms with E-state index in [1.54, 1.807) is 49.3 Å². The van der Waals surface area contributed by atoms with Crippen molar-refractivity contribution >= 4 is 22.4 Å². The summed E-state index contributed by atoms with van der Waals surface area (Å²) in [6.07, 6.45) is 0. The average molecular weight is 453 g/mol. The van der Waals surface area contributed by atoms with Crippen molar-refractivity contribution in [3.8, 4) is 5.88 Å². The van der Waals surface area contributed by atoms with E-state index in [0.29, 0.717) is 48.5 Å². The molecule has 0 N–H and O–H groups in total. The molecule has 0 aliphatic carbocycles.